The molecule has 114 valence electrons. The van der Waals surface area contributed by atoms with E-state index in [-0.39, 0.29) is 24.0 Å². The van der Waals surface area contributed by atoms with Crippen molar-refractivity contribution >= 4 is 52.9 Å². The third-order valence-electron chi connectivity index (χ3n) is 2.86. The Morgan fingerprint density at radius 1 is 1.29 bits per heavy atom. The molecule has 2 aromatic heterocycles. The van der Waals surface area contributed by atoms with Gasteiger partial charge in [0.05, 0.1) is 6.54 Å². The van der Waals surface area contributed by atoms with Crippen molar-refractivity contribution in [2.75, 3.05) is 7.05 Å². The van der Waals surface area contributed by atoms with Crippen LogP contribution in [0.25, 0.3) is 0 Å². The van der Waals surface area contributed by atoms with Crippen LogP contribution < -0.4 is 10.6 Å². The highest BCUT2D eigenvalue weighted by Gasteiger charge is 2.02. The van der Waals surface area contributed by atoms with Crippen molar-refractivity contribution in [2.45, 2.75) is 20.0 Å². The van der Waals surface area contributed by atoms with E-state index in [4.69, 9.17) is 11.6 Å². The van der Waals surface area contributed by atoms with Gasteiger partial charge in [-0.15, -0.1) is 35.3 Å². The van der Waals surface area contributed by atoms with E-state index in [0.717, 1.165) is 18.1 Å². The Morgan fingerprint density at radius 3 is 2.62 bits per heavy atom. The van der Waals surface area contributed by atoms with Gasteiger partial charge in [0.1, 0.15) is 5.15 Å². The summed E-state index contributed by atoms with van der Waals surface area (Å²) in [7, 11) is 1.76. The van der Waals surface area contributed by atoms with E-state index in [0.29, 0.717) is 11.7 Å². The molecule has 0 fully saturated rings. The molecule has 2 aromatic rings. The van der Waals surface area contributed by atoms with Gasteiger partial charge in [-0.2, -0.15) is 0 Å². The number of guanidine groups is 1. The highest BCUT2D eigenvalue weighted by Crippen LogP contribution is 2.14. The second kappa shape index (κ2) is 9.22. The first-order valence-corrected chi connectivity index (χ1v) is 7.52. The van der Waals surface area contributed by atoms with Gasteiger partial charge >= 0.3 is 0 Å². The lowest BCUT2D eigenvalue weighted by Gasteiger charge is -2.11. The first kappa shape index (κ1) is 18.2. The van der Waals surface area contributed by atoms with Crippen molar-refractivity contribution < 1.29 is 0 Å². The molecule has 0 unspecified atom stereocenters. The highest BCUT2D eigenvalue weighted by molar-refractivity contribution is 14.0. The van der Waals surface area contributed by atoms with Gasteiger partial charge in [-0.25, -0.2) is 4.98 Å². The molecule has 0 aliphatic heterocycles. The molecule has 0 radical (unpaired) electrons. The maximum Gasteiger partial charge on any atom is 0.191 e. The SMILES string of the molecule is CN=C(NCc1ccc(Cl)nc1)NCc1sccc1C.I. The van der Waals surface area contributed by atoms with Crippen LogP contribution >= 0.6 is 46.9 Å². The average molecular weight is 437 g/mol. The molecular weight excluding hydrogens is 419 g/mol. The number of nitrogens with one attached hydrogen (secondary N) is 2. The van der Waals surface area contributed by atoms with E-state index in [1.165, 1.54) is 10.4 Å². The summed E-state index contributed by atoms with van der Waals surface area (Å²) in [6.07, 6.45) is 1.76. The Hall–Kier alpha value is -0.860. The zero-order valence-electron chi connectivity index (χ0n) is 11.9. The van der Waals surface area contributed by atoms with Crippen molar-refractivity contribution in [1.82, 2.24) is 15.6 Å². The minimum atomic E-state index is 0. The average Bonchev–Trinajstić information content (AvgIpc) is 2.86. The topological polar surface area (TPSA) is 49.3 Å². The molecule has 0 atom stereocenters. The Bertz CT molecular complexity index is 583. The Morgan fingerprint density at radius 2 is 2.05 bits per heavy atom. The van der Waals surface area contributed by atoms with Crippen LogP contribution in [0.3, 0.4) is 0 Å². The van der Waals surface area contributed by atoms with Crippen LogP contribution in [0.2, 0.25) is 5.15 Å². The standard InChI is InChI=1S/C14H17ClN4S.HI/c1-10-5-6-20-12(10)9-19-14(16-2)18-8-11-3-4-13(15)17-7-11;/h3-7H,8-9H2,1-2H3,(H2,16,18,19);1H. The van der Waals surface area contributed by atoms with Gasteiger partial charge in [0.2, 0.25) is 0 Å². The van der Waals surface area contributed by atoms with E-state index in [2.05, 4.69) is 39.0 Å². The summed E-state index contributed by atoms with van der Waals surface area (Å²) in [5.74, 6) is 0.771. The molecule has 2 heterocycles. The number of aryl methyl sites for hydroxylation is 1. The first-order chi connectivity index (χ1) is 9.69. The highest BCUT2D eigenvalue weighted by atomic mass is 127. The molecule has 0 aliphatic carbocycles. The molecule has 0 bridgehead atoms. The summed E-state index contributed by atoms with van der Waals surface area (Å²) < 4.78 is 0. The second-order valence-electron chi connectivity index (χ2n) is 4.30. The minimum absolute atomic E-state index is 0. The minimum Gasteiger partial charge on any atom is -0.352 e. The smallest absolute Gasteiger partial charge is 0.191 e. The lowest BCUT2D eigenvalue weighted by atomic mass is 10.3. The van der Waals surface area contributed by atoms with Crippen molar-refractivity contribution in [2.24, 2.45) is 4.99 Å². The second-order valence-corrected chi connectivity index (χ2v) is 5.68. The number of hydrogen-bond donors (Lipinski definition) is 2. The molecule has 7 heteroatoms. The lowest BCUT2D eigenvalue weighted by molar-refractivity contribution is 0.811. The Labute approximate surface area is 151 Å². The summed E-state index contributed by atoms with van der Waals surface area (Å²) in [4.78, 5) is 9.57. The van der Waals surface area contributed by atoms with Crippen LogP contribution in [0.15, 0.2) is 34.8 Å². The van der Waals surface area contributed by atoms with Gasteiger partial charge < -0.3 is 10.6 Å². The summed E-state index contributed by atoms with van der Waals surface area (Å²) >= 11 is 7.50. The van der Waals surface area contributed by atoms with Crippen molar-refractivity contribution in [3.63, 3.8) is 0 Å². The molecule has 2 rings (SSSR count). The quantitative estimate of drug-likeness (QED) is 0.333. The number of thiophene rings is 1. The summed E-state index contributed by atoms with van der Waals surface area (Å²) in [5.41, 5.74) is 2.37. The summed E-state index contributed by atoms with van der Waals surface area (Å²) in [6, 6.07) is 5.85. The molecule has 0 spiro atoms. The summed E-state index contributed by atoms with van der Waals surface area (Å²) in [6.45, 7) is 3.55. The number of halogens is 2. The molecule has 2 N–H and O–H groups in total. The predicted molar refractivity (Wildman–Crippen MR) is 101 cm³/mol. The summed E-state index contributed by atoms with van der Waals surface area (Å²) in [5, 5.41) is 9.15. The van der Waals surface area contributed by atoms with E-state index in [1.54, 1.807) is 30.6 Å². The van der Waals surface area contributed by atoms with E-state index in [1.807, 2.05) is 6.07 Å². The van der Waals surface area contributed by atoms with Gasteiger partial charge in [0.25, 0.3) is 0 Å². The van der Waals surface area contributed by atoms with Crippen LogP contribution in [-0.4, -0.2) is 18.0 Å². The number of aromatic nitrogens is 1. The lowest BCUT2D eigenvalue weighted by Crippen LogP contribution is -2.36. The number of aliphatic imine (C=N–C) groups is 1. The van der Waals surface area contributed by atoms with Gasteiger partial charge in [-0.3, -0.25) is 4.99 Å². The molecular formula is C14H18ClIN4S. The van der Waals surface area contributed by atoms with E-state index >= 15 is 0 Å². The van der Waals surface area contributed by atoms with E-state index in [9.17, 15) is 0 Å². The number of nitrogens with zero attached hydrogens (tertiary/aromatic N) is 2. The third kappa shape index (κ3) is 5.80. The Balaban J connectivity index is 0.00000220. The largest absolute Gasteiger partial charge is 0.352 e. The third-order valence-corrected chi connectivity index (χ3v) is 4.10. The van der Waals surface area contributed by atoms with Gasteiger partial charge in [0.15, 0.2) is 5.96 Å². The van der Waals surface area contributed by atoms with E-state index < -0.39 is 0 Å². The molecule has 21 heavy (non-hydrogen) atoms. The van der Waals surface area contributed by atoms with Crippen molar-refractivity contribution in [3.8, 4) is 0 Å². The van der Waals surface area contributed by atoms with Crippen LogP contribution in [0, 0.1) is 6.92 Å². The van der Waals surface area contributed by atoms with Gasteiger partial charge in [-0.1, -0.05) is 17.7 Å². The molecule has 4 nitrogen and oxygen atoms in total. The molecule has 0 aromatic carbocycles. The number of rotatable bonds is 4. The number of hydrogen-bond acceptors (Lipinski definition) is 3. The molecule has 0 saturated heterocycles. The first-order valence-electron chi connectivity index (χ1n) is 6.27. The zero-order chi connectivity index (χ0) is 14.4. The van der Waals surface area contributed by atoms with Crippen molar-refractivity contribution in [3.05, 3.63) is 50.9 Å². The normalized spacial score (nSPS) is 10.9. The maximum atomic E-state index is 5.76. The maximum absolute atomic E-state index is 5.76. The fourth-order valence-corrected chi connectivity index (χ4v) is 2.62. The van der Waals surface area contributed by atoms with Gasteiger partial charge in [-0.05, 0) is 35.6 Å². The fourth-order valence-electron chi connectivity index (χ4n) is 1.67. The molecule has 0 aliphatic rings. The molecule has 0 amide bonds. The van der Waals surface area contributed by atoms with Crippen molar-refractivity contribution in [1.29, 1.82) is 0 Å². The predicted octanol–water partition coefficient (Wildman–Crippen LogP) is 3.59. The van der Waals surface area contributed by atoms with Crippen LogP contribution in [-0.2, 0) is 13.1 Å². The fraction of sp³-hybridized carbons (Fsp3) is 0.286. The number of pyridine rings is 1. The monoisotopic (exact) mass is 436 g/mol. The zero-order valence-corrected chi connectivity index (χ0v) is 15.8. The van der Waals surface area contributed by atoms with Crippen LogP contribution in [0.1, 0.15) is 16.0 Å². The Kier molecular flexibility index (Phi) is 7.98. The molecule has 0 saturated carbocycles. The van der Waals surface area contributed by atoms with Crippen LogP contribution in [0.5, 0.6) is 0 Å². The van der Waals surface area contributed by atoms with Crippen LogP contribution in [0.4, 0.5) is 0 Å². The van der Waals surface area contributed by atoms with Gasteiger partial charge in [0, 0.05) is 24.7 Å².